The van der Waals surface area contributed by atoms with E-state index in [0.29, 0.717) is 32.2 Å². The molecule has 2 aromatic rings. The van der Waals surface area contributed by atoms with Crippen molar-refractivity contribution in [2.75, 3.05) is 26.0 Å². The molecule has 0 fully saturated rings. The first-order chi connectivity index (χ1) is 14.3. The molecule has 1 aromatic carbocycles. The number of rotatable bonds is 6. The van der Waals surface area contributed by atoms with Gasteiger partial charge >= 0.3 is 6.36 Å². The van der Waals surface area contributed by atoms with Crippen LogP contribution in [-0.2, 0) is 15.6 Å². The zero-order chi connectivity index (χ0) is 23.7. The molecule has 0 bridgehead atoms. The Morgan fingerprint density at radius 3 is 2.03 bits per heavy atom. The molecule has 0 aliphatic heterocycles. The number of hydrogen-bond acceptors (Lipinski definition) is 8. The summed E-state index contributed by atoms with van der Waals surface area (Å²) in [6.45, 7) is 3.64. The molecule has 12 heteroatoms. The summed E-state index contributed by atoms with van der Waals surface area (Å²) in [4.78, 5) is 20.1. The molecule has 0 spiro atoms. The third kappa shape index (κ3) is 11.0. The second-order valence-electron chi connectivity index (χ2n) is 4.35. The average molecular weight is 471 g/mol. The van der Waals surface area contributed by atoms with Crippen molar-refractivity contribution in [3.8, 4) is 5.75 Å². The molecule has 1 heterocycles. The number of aliphatic hydroxyl groups excluding tert-OH is 1. The van der Waals surface area contributed by atoms with Crippen LogP contribution < -0.4 is 15.8 Å². The lowest BCUT2D eigenvalue weighted by Gasteiger charge is -2.08. The molecular weight excluding hydrogens is 445 g/mol. The maximum absolute atomic E-state index is 12.4. The van der Waals surface area contributed by atoms with Crippen molar-refractivity contribution in [3.05, 3.63) is 35.9 Å². The number of benzene rings is 1. The standard InChI is InChI=1S/C13H10F3NO3S2.C2H4O2.C2H6.CH5N/c1-17-12-8(7-18)6-11(21-12)22(19)10-4-2-9(3-5-10)20-13(14,15)16;3-1-2-4;2*1-2/h2-7,17H,1H3;1,4H,2H2;1-2H3;2H2,1H3. The number of carbonyl (C=O) groups excluding carboxylic acids is 2. The normalized spacial score (nSPS) is 10.6. The summed E-state index contributed by atoms with van der Waals surface area (Å²) >= 11 is 1.15. The van der Waals surface area contributed by atoms with Crippen LogP contribution in [0.25, 0.3) is 0 Å². The lowest BCUT2D eigenvalue weighted by molar-refractivity contribution is -0.274. The van der Waals surface area contributed by atoms with Crippen molar-refractivity contribution in [3.63, 3.8) is 0 Å². The Morgan fingerprint density at radius 2 is 1.70 bits per heavy atom. The quantitative estimate of drug-likeness (QED) is 0.553. The minimum absolute atomic E-state index is 0.316. The van der Waals surface area contributed by atoms with Crippen molar-refractivity contribution in [2.24, 2.45) is 5.73 Å². The maximum atomic E-state index is 12.4. The third-order valence-corrected chi connectivity index (χ3v) is 5.47. The molecule has 1 aromatic heterocycles. The smallest absolute Gasteiger partial charge is 0.406 e. The van der Waals surface area contributed by atoms with Gasteiger partial charge in [-0.2, -0.15) is 0 Å². The summed E-state index contributed by atoms with van der Waals surface area (Å²) in [5.74, 6) is -0.385. The van der Waals surface area contributed by atoms with E-state index in [9.17, 15) is 22.2 Å². The van der Waals surface area contributed by atoms with E-state index in [-0.39, 0.29) is 12.4 Å². The number of aliphatic hydroxyl groups is 1. The van der Waals surface area contributed by atoms with Gasteiger partial charge < -0.3 is 25.7 Å². The molecule has 0 aliphatic carbocycles. The van der Waals surface area contributed by atoms with Crippen LogP contribution in [-0.4, -0.2) is 49.0 Å². The lowest BCUT2D eigenvalue weighted by atomic mass is 10.3. The van der Waals surface area contributed by atoms with E-state index in [2.05, 4.69) is 15.8 Å². The molecule has 0 amide bonds. The van der Waals surface area contributed by atoms with Gasteiger partial charge in [0.25, 0.3) is 0 Å². The molecule has 1 atom stereocenters. The zero-order valence-electron chi connectivity index (χ0n) is 16.9. The fourth-order valence-electron chi connectivity index (χ4n) is 1.64. The Labute approximate surface area is 179 Å². The van der Waals surface area contributed by atoms with E-state index in [4.69, 9.17) is 9.90 Å². The topological polar surface area (TPSA) is 119 Å². The predicted octanol–water partition coefficient (Wildman–Crippen LogP) is 3.45. The molecule has 0 aliphatic rings. The maximum Gasteiger partial charge on any atom is 0.573 e. The fraction of sp³-hybridized carbons (Fsp3) is 0.333. The Kier molecular flexibility index (Phi) is 16.5. The van der Waals surface area contributed by atoms with Gasteiger partial charge in [0, 0.05) is 17.5 Å². The Hall–Kier alpha value is -2.28. The van der Waals surface area contributed by atoms with E-state index in [1.54, 1.807) is 7.05 Å². The van der Waals surface area contributed by atoms with Crippen LogP contribution in [0, 0.1) is 0 Å². The molecular formula is C18H25F3N2O5S2. The van der Waals surface area contributed by atoms with Crippen molar-refractivity contribution >= 4 is 39.7 Å². The van der Waals surface area contributed by atoms with Gasteiger partial charge in [-0.25, -0.2) is 4.21 Å². The first-order valence-corrected chi connectivity index (χ1v) is 10.4. The predicted molar refractivity (Wildman–Crippen MR) is 112 cm³/mol. The van der Waals surface area contributed by atoms with Gasteiger partial charge in [0.1, 0.15) is 12.0 Å². The molecule has 30 heavy (non-hydrogen) atoms. The van der Waals surface area contributed by atoms with Gasteiger partial charge in [0.05, 0.1) is 26.6 Å². The number of nitrogens with one attached hydrogen (secondary N) is 1. The number of aldehydes is 2. The molecule has 0 saturated heterocycles. The largest absolute Gasteiger partial charge is 0.573 e. The number of hydrogen-bond donors (Lipinski definition) is 3. The summed E-state index contributed by atoms with van der Waals surface area (Å²) < 4.78 is 52.7. The number of ether oxygens (including phenoxy) is 1. The van der Waals surface area contributed by atoms with Crippen LogP contribution in [0.1, 0.15) is 24.2 Å². The SMILES string of the molecule is CC.CN.CNc1sc(S(=O)c2ccc(OC(F)(F)F)cc2)cc1C=O.O=CCO. The first kappa shape index (κ1) is 29.9. The molecule has 1 unspecified atom stereocenters. The zero-order valence-corrected chi connectivity index (χ0v) is 18.5. The second kappa shape index (κ2) is 16.5. The highest BCUT2D eigenvalue weighted by atomic mass is 32.2. The van der Waals surface area contributed by atoms with E-state index in [1.807, 2.05) is 13.8 Å². The van der Waals surface area contributed by atoms with Crippen LogP contribution in [0.5, 0.6) is 5.75 Å². The molecule has 4 N–H and O–H groups in total. The Bertz CT molecular complexity index is 766. The van der Waals surface area contributed by atoms with Crippen LogP contribution in [0.2, 0.25) is 0 Å². The van der Waals surface area contributed by atoms with Crippen LogP contribution in [0.15, 0.2) is 39.4 Å². The lowest BCUT2D eigenvalue weighted by Crippen LogP contribution is -2.17. The third-order valence-electron chi connectivity index (χ3n) is 2.62. The highest BCUT2D eigenvalue weighted by molar-refractivity contribution is 7.87. The molecule has 7 nitrogen and oxygen atoms in total. The van der Waals surface area contributed by atoms with Gasteiger partial charge in [0.15, 0.2) is 6.29 Å². The number of anilines is 1. The van der Waals surface area contributed by atoms with E-state index < -0.39 is 17.2 Å². The van der Waals surface area contributed by atoms with E-state index in [1.165, 1.54) is 25.2 Å². The second-order valence-corrected chi connectivity index (χ2v) is 7.11. The van der Waals surface area contributed by atoms with Crippen LogP contribution >= 0.6 is 11.3 Å². The van der Waals surface area contributed by atoms with E-state index >= 15 is 0 Å². The van der Waals surface area contributed by atoms with Crippen LogP contribution in [0.3, 0.4) is 0 Å². The van der Waals surface area contributed by atoms with Crippen molar-refractivity contribution in [2.45, 2.75) is 29.3 Å². The summed E-state index contributed by atoms with van der Waals surface area (Å²) in [5, 5.41) is 10.9. The first-order valence-electron chi connectivity index (χ1n) is 8.42. The van der Waals surface area contributed by atoms with Gasteiger partial charge in [-0.05, 0) is 37.4 Å². The highest BCUT2D eigenvalue weighted by Crippen LogP contribution is 2.32. The molecule has 0 radical (unpaired) electrons. The fourth-order valence-corrected chi connectivity index (χ4v) is 4.04. The van der Waals surface area contributed by atoms with Crippen molar-refractivity contribution < 1.29 is 36.8 Å². The monoisotopic (exact) mass is 470 g/mol. The number of carbonyl (C=O) groups is 2. The van der Waals surface area contributed by atoms with Gasteiger partial charge in [-0.3, -0.25) is 4.79 Å². The van der Waals surface area contributed by atoms with E-state index in [0.717, 1.165) is 23.5 Å². The molecule has 170 valence electrons. The molecule has 0 saturated carbocycles. The number of nitrogens with two attached hydrogens (primary N) is 1. The number of halogens is 3. The summed E-state index contributed by atoms with van der Waals surface area (Å²) in [7, 11) is 1.55. The van der Waals surface area contributed by atoms with Gasteiger partial charge in [0.2, 0.25) is 0 Å². The van der Waals surface area contributed by atoms with Crippen molar-refractivity contribution in [1.82, 2.24) is 0 Å². The van der Waals surface area contributed by atoms with Gasteiger partial charge in [-0.1, -0.05) is 13.8 Å². The summed E-state index contributed by atoms with van der Waals surface area (Å²) in [6.07, 6.45) is -3.70. The highest BCUT2D eigenvalue weighted by Gasteiger charge is 2.31. The van der Waals surface area contributed by atoms with Gasteiger partial charge in [-0.15, -0.1) is 24.5 Å². The molecule has 2 rings (SSSR count). The summed E-state index contributed by atoms with van der Waals surface area (Å²) in [6, 6.07) is 6.24. The van der Waals surface area contributed by atoms with Crippen LogP contribution in [0.4, 0.5) is 18.2 Å². The van der Waals surface area contributed by atoms with Crippen molar-refractivity contribution in [1.29, 1.82) is 0 Å². The Balaban J connectivity index is 0. The Morgan fingerprint density at radius 1 is 1.20 bits per heavy atom. The number of thiophene rings is 1. The summed E-state index contributed by atoms with van der Waals surface area (Å²) in [5.41, 5.74) is 4.88. The minimum Gasteiger partial charge on any atom is -0.406 e. The number of alkyl halides is 3. The minimum atomic E-state index is -4.77. The average Bonchev–Trinajstić information content (AvgIpc) is 3.19.